The first-order valence-corrected chi connectivity index (χ1v) is 14.2. The predicted octanol–water partition coefficient (Wildman–Crippen LogP) is 4.36. The number of hydrogen-bond donors (Lipinski definition) is 1. The SMILES string of the molecule is CCCNC(=O)[C@H](CC)N(Cc1ccc(F)cc1)C(=O)CN(c1cccc(OC)c1)S(=O)(=O)c1ccccc1. The molecule has 0 aliphatic rings. The first kappa shape index (κ1) is 29.6. The van der Waals surface area contributed by atoms with Gasteiger partial charge in [0.15, 0.2) is 0 Å². The van der Waals surface area contributed by atoms with Crippen molar-refractivity contribution in [2.75, 3.05) is 24.5 Å². The Morgan fingerprint density at radius 2 is 1.67 bits per heavy atom. The number of anilines is 1. The minimum absolute atomic E-state index is 0.00546. The van der Waals surface area contributed by atoms with Gasteiger partial charge in [0, 0.05) is 19.2 Å². The maximum Gasteiger partial charge on any atom is 0.264 e. The smallest absolute Gasteiger partial charge is 0.264 e. The van der Waals surface area contributed by atoms with E-state index in [0.29, 0.717) is 30.7 Å². The third-order valence-corrected chi connectivity index (χ3v) is 7.94. The predicted molar refractivity (Wildman–Crippen MR) is 148 cm³/mol. The Labute approximate surface area is 229 Å². The quantitative estimate of drug-likeness (QED) is 0.338. The molecule has 0 aromatic heterocycles. The van der Waals surface area contributed by atoms with Crippen LogP contribution in [0.2, 0.25) is 0 Å². The van der Waals surface area contributed by atoms with Crippen molar-refractivity contribution in [1.82, 2.24) is 10.2 Å². The van der Waals surface area contributed by atoms with E-state index < -0.39 is 34.3 Å². The van der Waals surface area contributed by atoms with Crippen molar-refractivity contribution in [2.45, 2.75) is 44.2 Å². The van der Waals surface area contributed by atoms with E-state index in [4.69, 9.17) is 4.74 Å². The molecule has 0 aliphatic carbocycles. The van der Waals surface area contributed by atoms with Crippen LogP contribution in [0.15, 0.2) is 83.8 Å². The Bertz CT molecular complexity index is 1350. The van der Waals surface area contributed by atoms with E-state index >= 15 is 0 Å². The monoisotopic (exact) mass is 555 g/mol. The Morgan fingerprint density at radius 3 is 2.28 bits per heavy atom. The van der Waals surface area contributed by atoms with Gasteiger partial charge in [-0.1, -0.05) is 50.2 Å². The summed E-state index contributed by atoms with van der Waals surface area (Å²) < 4.78 is 47.5. The molecule has 3 aromatic carbocycles. The number of methoxy groups -OCH3 is 1. The molecule has 208 valence electrons. The molecule has 0 saturated carbocycles. The Balaban J connectivity index is 2.05. The lowest BCUT2D eigenvalue weighted by atomic mass is 10.1. The van der Waals surface area contributed by atoms with Crippen molar-refractivity contribution in [3.05, 3.63) is 90.2 Å². The van der Waals surface area contributed by atoms with E-state index in [9.17, 15) is 22.4 Å². The lowest BCUT2D eigenvalue weighted by Crippen LogP contribution is -2.52. The third-order valence-electron chi connectivity index (χ3n) is 6.15. The molecule has 0 radical (unpaired) electrons. The molecule has 8 nitrogen and oxygen atoms in total. The highest BCUT2D eigenvalue weighted by Gasteiger charge is 2.33. The van der Waals surface area contributed by atoms with Gasteiger partial charge in [-0.25, -0.2) is 12.8 Å². The second kappa shape index (κ2) is 13.7. The molecule has 3 aromatic rings. The van der Waals surface area contributed by atoms with Crippen molar-refractivity contribution in [1.29, 1.82) is 0 Å². The summed E-state index contributed by atoms with van der Waals surface area (Å²) >= 11 is 0. The van der Waals surface area contributed by atoms with Crippen LogP contribution in [0.1, 0.15) is 32.3 Å². The van der Waals surface area contributed by atoms with Gasteiger partial charge in [-0.15, -0.1) is 0 Å². The summed E-state index contributed by atoms with van der Waals surface area (Å²) in [4.78, 5) is 28.4. The van der Waals surface area contributed by atoms with Crippen LogP contribution in [0.25, 0.3) is 0 Å². The van der Waals surface area contributed by atoms with Gasteiger partial charge < -0.3 is 15.0 Å². The van der Waals surface area contributed by atoms with Crippen LogP contribution >= 0.6 is 0 Å². The van der Waals surface area contributed by atoms with Gasteiger partial charge in [-0.05, 0) is 54.8 Å². The molecule has 1 N–H and O–H groups in total. The van der Waals surface area contributed by atoms with Gasteiger partial charge in [0.1, 0.15) is 24.2 Å². The summed E-state index contributed by atoms with van der Waals surface area (Å²) in [5.74, 6) is -0.932. The lowest BCUT2D eigenvalue weighted by Gasteiger charge is -2.33. The molecule has 10 heteroatoms. The zero-order valence-corrected chi connectivity index (χ0v) is 23.2. The van der Waals surface area contributed by atoms with E-state index in [2.05, 4.69) is 5.32 Å². The molecule has 3 rings (SSSR count). The number of rotatable bonds is 13. The zero-order valence-electron chi connectivity index (χ0n) is 22.3. The van der Waals surface area contributed by atoms with E-state index in [1.165, 1.54) is 54.5 Å². The Morgan fingerprint density at radius 1 is 0.974 bits per heavy atom. The summed E-state index contributed by atoms with van der Waals surface area (Å²) in [5, 5.41) is 2.83. The highest BCUT2D eigenvalue weighted by molar-refractivity contribution is 7.92. The van der Waals surface area contributed by atoms with Crippen LogP contribution in [0.4, 0.5) is 10.1 Å². The van der Waals surface area contributed by atoms with Crippen molar-refractivity contribution in [3.8, 4) is 5.75 Å². The molecule has 2 amide bonds. The van der Waals surface area contributed by atoms with E-state index in [0.717, 1.165) is 4.31 Å². The number of halogens is 1. The molecular weight excluding hydrogens is 521 g/mol. The molecule has 0 heterocycles. The van der Waals surface area contributed by atoms with Crippen LogP contribution in [-0.2, 0) is 26.2 Å². The minimum atomic E-state index is -4.17. The van der Waals surface area contributed by atoms with Gasteiger partial charge in [0.2, 0.25) is 11.8 Å². The number of ether oxygens (including phenoxy) is 1. The number of sulfonamides is 1. The van der Waals surface area contributed by atoms with Gasteiger partial charge >= 0.3 is 0 Å². The van der Waals surface area contributed by atoms with Gasteiger partial charge in [-0.2, -0.15) is 0 Å². The molecule has 0 bridgehead atoms. The normalized spacial score (nSPS) is 11.9. The van der Waals surface area contributed by atoms with Crippen LogP contribution in [0.5, 0.6) is 5.75 Å². The molecule has 0 aliphatic heterocycles. The van der Waals surface area contributed by atoms with Crippen LogP contribution in [-0.4, -0.2) is 51.4 Å². The lowest BCUT2D eigenvalue weighted by molar-refractivity contribution is -0.140. The fourth-order valence-electron chi connectivity index (χ4n) is 4.09. The fraction of sp³-hybridized carbons (Fsp3) is 0.310. The van der Waals surface area contributed by atoms with Gasteiger partial charge in [0.25, 0.3) is 10.0 Å². The van der Waals surface area contributed by atoms with E-state index in [1.54, 1.807) is 43.3 Å². The standard InChI is InChI=1S/C29H34FN3O5S/c1-4-18-31-29(35)27(5-2)32(20-22-14-16-23(30)17-15-22)28(34)21-33(24-10-9-11-25(19-24)38-3)39(36,37)26-12-7-6-8-13-26/h6-17,19,27H,4-5,18,20-21H2,1-3H3,(H,31,35)/t27-/m0/s1. The van der Waals surface area contributed by atoms with Crippen LogP contribution < -0.4 is 14.4 Å². The van der Waals surface area contributed by atoms with Crippen LogP contribution in [0, 0.1) is 5.82 Å². The third kappa shape index (κ3) is 7.57. The number of nitrogens with zero attached hydrogens (tertiary/aromatic N) is 2. The Kier molecular flexibility index (Phi) is 10.4. The highest BCUT2D eigenvalue weighted by atomic mass is 32.2. The van der Waals surface area contributed by atoms with E-state index in [-0.39, 0.29) is 23.0 Å². The molecule has 39 heavy (non-hydrogen) atoms. The summed E-state index contributed by atoms with van der Waals surface area (Å²) in [5.41, 5.74) is 0.835. The summed E-state index contributed by atoms with van der Waals surface area (Å²) in [6.45, 7) is 3.56. The summed E-state index contributed by atoms with van der Waals surface area (Å²) in [7, 11) is -2.71. The van der Waals surface area contributed by atoms with Crippen molar-refractivity contribution in [2.24, 2.45) is 0 Å². The van der Waals surface area contributed by atoms with Crippen molar-refractivity contribution < 1.29 is 27.1 Å². The average Bonchev–Trinajstić information content (AvgIpc) is 2.95. The molecule has 0 unspecified atom stereocenters. The number of amides is 2. The van der Waals surface area contributed by atoms with Gasteiger partial charge in [-0.3, -0.25) is 13.9 Å². The van der Waals surface area contributed by atoms with Crippen LogP contribution in [0.3, 0.4) is 0 Å². The molecule has 0 saturated heterocycles. The number of benzene rings is 3. The molecule has 1 atom stereocenters. The van der Waals surface area contributed by atoms with Gasteiger partial charge in [0.05, 0.1) is 17.7 Å². The largest absolute Gasteiger partial charge is 0.497 e. The number of carbonyl (C=O) groups is 2. The summed E-state index contributed by atoms with van der Waals surface area (Å²) in [6, 6.07) is 19.0. The topological polar surface area (TPSA) is 96.0 Å². The maximum absolute atomic E-state index is 13.9. The van der Waals surface area contributed by atoms with E-state index in [1.807, 2.05) is 6.92 Å². The maximum atomic E-state index is 13.9. The zero-order chi connectivity index (χ0) is 28.4. The Hall–Kier alpha value is -3.92. The minimum Gasteiger partial charge on any atom is -0.497 e. The second-order valence-corrected chi connectivity index (χ2v) is 10.8. The number of hydrogen-bond acceptors (Lipinski definition) is 5. The number of carbonyl (C=O) groups excluding carboxylic acids is 2. The first-order chi connectivity index (χ1) is 18.7. The summed E-state index contributed by atoms with van der Waals surface area (Å²) in [6.07, 6.45) is 1.01. The molecule has 0 spiro atoms. The van der Waals surface area contributed by atoms with Crippen molar-refractivity contribution in [3.63, 3.8) is 0 Å². The second-order valence-electron chi connectivity index (χ2n) is 8.89. The average molecular weight is 556 g/mol. The number of nitrogens with one attached hydrogen (secondary N) is 1. The highest BCUT2D eigenvalue weighted by Crippen LogP contribution is 2.27. The fourth-order valence-corrected chi connectivity index (χ4v) is 5.51. The van der Waals surface area contributed by atoms with Crippen molar-refractivity contribution >= 4 is 27.5 Å². The first-order valence-electron chi connectivity index (χ1n) is 12.7. The molecular formula is C29H34FN3O5S. The molecule has 0 fully saturated rings.